The first-order valence-electron chi connectivity index (χ1n) is 4.99. The van der Waals surface area contributed by atoms with E-state index in [-0.39, 0.29) is 10.7 Å². The first-order chi connectivity index (χ1) is 8.56. The van der Waals surface area contributed by atoms with Gasteiger partial charge in [0.25, 0.3) is 0 Å². The molecule has 18 heavy (non-hydrogen) atoms. The van der Waals surface area contributed by atoms with E-state index in [9.17, 15) is 8.78 Å². The molecule has 0 bridgehead atoms. The number of nitrogens with two attached hydrogens (primary N) is 1. The number of nitrogen functional groups attached to an aromatic ring is 1. The molecule has 0 saturated heterocycles. The maximum atomic E-state index is 13.4. The molecule has 92 valence electrons. The van der Waals surface area contributed by atoms with E-state index in [1.165, 1.54) is 6.20 Å². The largest absolute Gasteiger partial charge is 0.382 e. The first-order valence-corrected chi connectivity index (χ1v) is 5.81. The van der Waals surface area contributed by atoms with Crippen LogP contribution < -0.4 is 5.73 Å². The van der Waals surface area contributed by atoms with Gasteiger partial charge in [-0.1, -0.05) is 11.8 Å². The molecule has 1 heterocycles. The summed E-state index contributed by atoms with van der Waals surface area (Å²) in [6, 6.07) is 6.48. The Balaban J connectivity index is 2.23. The Bertz CT molecular complexity index is 584. The molecule has 3 N–H and O–H groups in total. The smallest absolute Gasteiger partial charge is 0.141 e. The van der Waals surface area contributed by atoms with Crippen molar-refractivity contribution in [2.75, 3.05) is 0 Å². The van der Waals surface area contributed by atoms with Gasteiger partial charge in [-0.15, -0.1) is 0 Å². The SMILES string of the molecule is N=C(N)c1ccc(Sc2cc(F)ccc2F)cn1. The highest BCUT2D eigenvalue weighted by atomic mass is 32.2. The number of rotatable bonds is 3. The summed E-state index contributed by atoms with van der Waals surface area (Å²) in [5.74, 6) is -1.12. The van der Waals surface area contributed by atoms with Crippen molar-refractivity contribution in [1.82, 2.24) is 4.98 Å². The third-order valence-electron chi connectivity index (χ3n) is 2.13. The Labute approximate surface area is 107 Å². The third kappa shape index (κ3) is 2.84. The second-order valence-electron chi connectivity index (χ2n) is 3.47. The molecule has 0 aliphatic carbocycles. The summed E-state index contributed by atoms with van der Waals surface area (Å²) in [6.45, 7) is 0. The van der Waals surface area contributed by atoms with Gasteiger partial charge in [0, 0.05) is 11.1 Å². The number of pyridine rings is 1. The predicted molar refractivity (Wildman–Crippen MR) is 65.7 cm³/mol. The van der Waals surface area contributed by atoms with E-state index in [0.717, 1.165) is 30.0 Å². The van der Waals surface area contributed by atoms with Crippen LogP contribution in [0, 0.1) is 17.0 Å². The summed E-state index contributed by atoms with van der Waals surface area (Å²) < 4.78 is 26.4. The zero-order chi connectivity index (χ0) is 13.1. The molecule has 0 aliphatic rings. The van der Waals surface area contributed by atoms with Gasteiger partial charge in [0.1, 0.15) is 23.2 Å². The van der Waals surface area contributed by atoms with Gasteiger partial charge >= 0.3 is 0 Å². The van der Waals surface area contributed by atoms with E-state index in [2.05, 4.69) is 4.98 Å². The van der Waals surface area contributed by atoms with Crippen LogP contribution in [-0.4, -0.2) is 10.8 Å². The zero-order valence-electron chi connectivity index (χ0n) is 9.15. The first kappa shape index (κ1) is 12.5. The van der Waals surface area contributed by atoms with Gasteiger partial charge in [-0.3, -0.25) is 10.4 Å². The van der Waals surface area contributed by atoms with Gasteiger partial charge in [0.2, 0.25) is 0 Å². The average molecular weight is 265 g/mol. The fourth-order valence-electron chi connectivity index (χ4n) is 1.28. The number of halogens is 2. The van der Waals surface area contributed by atoms with Crippen LogP contribution in [0.25, 0.3) is 0 Å². The average Bonchev–Trinajstić information content (AvgIpc) is 2.34. The van der Waals surface area contributed by atoms with E-state index in [1.807, 2.05) is 0 Å². The molecule has 0 atom stereocenters. The third-order valence-corrected chi connectivity index (χ3v) is 3.14. The molecule has 0 amide bonds. The Morgan fingerprint density at radius 2 is 2.00 bits per heavy atom. The van der Waals surface area contributed by atoms with Crippen molar-refractivity contribution in [3.8, 4) is 0 Å². The highest BCUT2D eigenvalue weighted by molar-refractivity contribution is 7.99. The minimum absolute atomic E-state index is 0.136. The van der Waals surface area contributed by atoms with E-state index in [0.29, 0.717) is 10.6 Å². The summed E-state index contributed by atoms with van der Waals surface area (Å²) in [4.78, 5) is 4.77. The maximum absolute atomic E-state index is 13.4. The van der Waals surface area contributed by atoms with Crippen LogP contribution in [0.15, 0.2) is 46.3 Å². The summed E-state index contributed by atoms with van der Waals surface area (Å²) >= 11 is 1.06. The molecule has 0 aliphatic heterocycles. The molecule has 1 aromatic heterocycles. The number of hydrogen-bond acceptors (Lipinski definition) is 3. The molecule has 0 unspecified atom stereocenters. The lowest BCUT2D eigenvalue weighted by molar-refractivity contribution is 0.577. The van der Waals surface area contributed by atoms with Gasteiger partial charge < -0.3 is 5.73 Å². The summed E-state index contributed by atoms with van der Waals surface area (Å²) in [5.41, 5.74) is 5.61. The van der Waals surface area contributed by atoms with E-state index < -0.39 is 11.6 Å². The number of nitrogens with one attached hydrogen (secondary N) is 1. The van der Waals surface area contributed by atoms with Crippen LogP contribution >= 0.6 is 11.8 Å². The topological polar surface area (TPSA) is 62.8 Å². The summed E-state index contributed by atoms with van der Waals surface area (Å²) in [7, 11) is 0. The van der Waals surface area contributed by atoms with Crippen LogP contribution in [0.2, 0.25) is 0 Å². The number of hydrogen-bond donors (Lipinski definition) is 2. The molecule has 0 radical (unpaired) electrons. The number of benzene rings is 1. The quantitative estimate of drug-likeness (QED) is 0.662. The van der Waals surface area contributed by atoms with E-state index >= 15 is 0 Å². The van der Waals surface area contributed by atoms with Crippen molar-refractivity contribution in [1.29, 1.82) is 5.41 Å². The lowest BCUT2D eigenvalue weighted by Gasteiger charge is -2.04. The van der Waals surface area contributed by atoms with Crippen molar-refractivity contribution in [3.05, 3.63) is 53.9 Å². The maximum Gasteiger partial charge on any atom is 0.141 e. The molecule has 2 rings (SSSR count). The molecule has 3 nitrogen and oxygen atoms in total. The van der Waals surface area contributed by atoms with Crippen LogP contribution in [-0.2, 0) is 0 Å². The normalized spacial score (nSPS) is 10.3. The van der Waals surface area contributed by atoms with Crippen LogP contribution in [0.3, 0.4) is 0 Å². The highest BCUT2D eigenvalue weighted by Gasteiger charge is 2.06. The second-order valence-corrected chi connectivity index (χ2v) is 4.58. The van der Waals surface area contributed by atoms with Crippen LogP contribution in [0.5, 0.6) is 0 Å². The van der Waals surface area contributed by atoms with Gasteiger partial charge in [-0.05, 0) is 30.3 Å². The molecule has 1 aromatic carbocycles. The van der Waals surface area contributed by atoms with E-state index in [1.54, 1.807) is 12.1 Å². The molecule has 2 aromatic rings. The van der Waals surface area contributed by atoms with Gasteiger partial charge in [0.15, 0.2) is 0 Å². The van der Waals surface area contributed by atoms with Gasteiger partial charge in [-0.2, -0.15) is 0 Å². The highest BCUT2D eigenvalue weighted by Crippen LogP contribution is 2.29. The van der Waals surface area contributed by atoms with Crippen molar-refractivity contribution in [3.63, 3.8) is 0 Å². The Morgan fingerprint density at radius 3 is 2.61 bits per heavy atom. The number of aromatic nitrogens is 1. The Hall–Kier alpha value is -1.95. The fourth-order valence-corrected chi connectivity index (χ4v) is 2.11. The molecule has 6 heteroatoms. The van der Waals surface area contributed by atoms with Crippen molar-refractivity contribution < 1.29 is 8.78 Å². The monoisotopic (exact) mass is 265 g/mol. The van der Waals surface area contributed by atoms with Gasteiger partial charge in [0.05, 0.1) is 4.90 Å². The lowest BCUT2D eigenvalue weighted by atomic mass is 10.3. The summed E-state index contributed by atoms with van der Waals surface area (Å²) in [6.07, 6.45) is 1.46. The lowest BCUT2D eigenvalue weighted by Crippen LogP contribution is -2.12. The van der Waals surface area contributed by atoms with E-state index in [4.69, 9.17) is 11.1 Å². The molecule has 0 saturated carbocycles. The molecular formula is C12H9F2N3S. The number of amidine groups is 1. The van der Waals surface area contributed by atoms with Crippen molar-refractivity contribution >= 4 is 17.6 Å². The molecular weight excluding hydrogens is 256 g/mol. The minimum Gasteiger partial charge on any atom is -0.382 e. The molecule has 0 fully saturated rings. The van der Waals surface area contributed by atoms with Crippen LogP contribution in [0.1, 0.15) is 5.69 Å². The van der Waals surface area contributed by atoms with Gasteiger partial charge in [-0.25, -0.2) is 8.78 Å². The Morgan fingerprint density at radius 1 is 1.22 bits per heavy atom. The Kier molecular flexibility index (Phi) is 3.57. The minimum atomic E-state index is -0.493. The fraction of sp³-hybridized carbons (Fsp3) is 0. The van der Waals surface area contributed by atoms with Crippen molar-refractivity contribution in [2.45, 2.75) is 9.79 Å². The second kappa shape index (κ2) is 5.14. The van der Waals surface area contributed by atoms with Crippen molar-refractivity contribution in [2.24, 2.45) is 5.73 Å². The standard InChI is InChI=1S/C12H9F2N3S/c13-7-1-3-9(14)11(5-7)18-8-2-4-10(12(15)16)17-6-8/h1-6H,(H3,15,16). The zero-order valence-corrected chi connectivity index (χ0v) is 9.97. The predicted octanol–water partition coefficient (Wildman–Crippen LogP) is 2.80. The molecule has 0 spiro atoms. The number of nitrogens with zero attached hydrogens (tertiary/aromatic N) is 1. The van der Waals surface area contributed by atoms with Crippen LogP contribution in [0.4, 0.5) is 8.78 Å². The summed E-state index contributed by atoms with van der Waals surface area (Å²) in [5, 5.41) is 7.19.